The van der Waals surface area contributed by atoms with Gasteiger partial charge in [-0.25, -0.2) is 0 Å². The summed E-state index contributed by atoms with van der Waals surface area (Å²) in [4.78, 5) is 0. The minimum atomic E-state index is -4.43. The highest BCUT2D eigenvalue weighted by Crippen LogP contribution is 2.35. The molecule has 0 amide bonds. The molecule has 1 heterocycles. The second kappa shape index (κ2) is 4.89. The molecule has 0 bridgehead atoms. The van der Waals surface area contributed by atoms with Gasteiger partial charge in [-0.15, -0.1) is 21.8 Å². The topological polar surface area (TPSA) is 38.9 Å². The molecule has 0 atom stereocenters. The van der Waals surface area contributed by atoms with Gasteiger partial charge in [0.05, 0.1) is 11.1 Å². The first-order valence-corrected chi connectivity index (χ1v) is 6.00. The summed E-state index contributed by atoms with van der Waals surface area (Å²) in [5.74, 6) is 0.142. The van der Waals surface area contributed by atoms with Gasteiger partial charge in [0.2, 0.25) is 11.8 Å². The van der Waals surface area contributed by atoms with E-state index < -0.39 is 11.7 Å². The normalized spacial score (nSPS) is 11.8. The maximum absolute atomic E-state index is 12.6. The van der Waals surface area contributed by atoms with Crippen LogP contribution in [0.1, 0.15) is 11.5 Å². The Morgan fingerprint density at radius 3 is 2.56 bits per heavy atom. The van der Waals surface area contributed by atoms with Crippen molar-refractivity contribution in [3.8, 4) is 11.5 Å². The van der Waals surface area contributed by atoms with E-state index in [1.165, 1.54) is 6.07 Å². The quantitative estimate of drug-likeness (QED) is 0.766. The van der Waals surface area contributed by atoms with E-state index >= 15 is 0 Å². The number of hydrogen-bond donors (Lipinski definition) is 0. The van der Waals surface area contributed by atoms with Crippen molar-refractivity contribution >= 4 is 27.5 Å². The van der Waals surface area contributed by atoms with Crippen LogP contribution in [0, 0.1) is 0 Å². The van der Waals surface area contributed by atoms with Gasteiger partial charge in [0.15, 0.2) is 0 Å². The molecule has 1 aromatic carbocycles. The number of rotatable bonds is 2. The molecule has 96 valence electrons. The molecule has 0 saturated carbocycles. The molecule has 8 heteroatoms. The van der Waals surface area contributed by atoms with E-state index in [1.54, 1.807) is 0 Å². The summed E-state index contributed by atoms with van der Waals surface area (Å²) < 4.78 is 43.3. The first-order valence-electron chi connectivity index (χ1n) is 4.67. The number of aromatic nitrogens is 2. The van der Waals surface area contributed by atoms with Gasteiger partial charge in [0, 0.05) is 4.47 Å². The summed E-state index contributed by atoms with van der Waals surface area (Å²) in [6.07, 6.45) is -4.43. The summed E-state index contributed by atoms with van der Waals surface area (Å²) in [5, 5.41) is 7.24. The molecule has 0 fully saturated rings. The smallest absolute Gasteiger partial charge is 0.416 e. The molecule has 0 N–H and O–H groups in total. The summed E-state index contributed by atoms with van der Waals surface area (Å²) in [6, 6.07) is 3.19. The van der Waals surface area contributed by atoms with Crippen molar-refractivity contribution in [2.75, 3.05) is 0 Å². The Morgan fingerprint density at radius 2 is 2.00 bits per heavy atom. The first-order chi connectivity index (χ1) is 8.41. The van der Waals surface area contributed by atoms with Crippen molar-refractivity contribution in [3.05, 3.63) is 34.1 Å². The lowest BCUT2D eigenvalue weighted by molar-refractivity contribution is -0.137. The maximum Gasteiger partial charge on any atom is 0.416 e. The SMILES string of the molecule is FC(F)(F)c1ccc(Br)c(-c2nnc(CCl)o2)c1. The van der Waals surface area contributed by atoms with Gasteiger partial charge in [-0.1, -0.05) is 0 Å². The molecular weight excluding hydrogens is 336 g/mol. The highest BCUT2D eigenvalue weighted by molar-refractivity contribution is 9.10. The van der Waals surface area contributed by atoms with Gasteiger partial charge in [-0.3, -0.25) is 0 Å². The molecular formula is C10H5BrClF3N2O. The van der Waals surface area contributed by atoms with Crippen molar-refractivity contribution in [1.82, 2.24) is 10.2 Å². The minimum Gasteiger partial charge on any atom is -0.419 e. The van der Waals surface area contributed by atoms with E-state index in [0.717, 1.165) is 12.1 Å². The molecule has 0 radical (unpaired) electrons. The lowest BCUT2D eigenvalue weighted by Crippen LogP contribution is -2.04. The fourth-order valence-corrected chi connectivity index (χ4v) is 1.81. The number of halogens is 5. The molecule has 1 aromatic heterocycles. The van der Waals surface area contributed by atoms with Crippen LogP contribution in [-0.2, 0) is 12.1 Å². The molecule has 0 unspecified atom stereocenters. The molecule has 0 aliphatic heterocycles. The van der Waals surface area contributed by atoms with Crippen LogP contribution < -0.4 is 0 Å². The van der Waals surface area contributed by atoms with Gasteiger partial charge in [-0.05, 0) is 34.1 Å². The Labute approximate surface area is 113 Å². The van der Waals surface area contributed by atoms with Crippen LogP contribution in [0.25, 0.3) is 11.5 Å². The summed E-state index contributed by atoms with van der Waals surface area (Å²) in [7, 11) is 0. The fourth-order valence-electron chi connectivity index (χ4n) is 1.28. The molecule has 2 rings (SSSR count). The van der Waals surface area contributed by atoms with Crippen LogP contribution in [0.5, 0.6) is 0 Å². The molecule has 0 spiro atoms. The molecule has 0 aliphatic rings. The first kappa shape index (κ1) is 13.4. The van der Waals surface area contributed by atoms with Crippen LogP contribution in [0.4, 0.5) is 13.2 Å². The van der Waals surface area contributed by atoms with Crippen molar-refractivity contribution in [3.63, 3.8) is 0 Å². The van der Waals surface area contributed by atoms with Crippen molar-refractivity contribution in [2.24, 2.45) is 0 Å². The van der Waals surface area contributed by atoms with Crippen LogP contribution in [0.2, 0.25) is 0 Å². The zero-order valence-corrected chi connectivity index (χ0v) is 11.0. The summed E-state index contributed by atoms with van der Waals surface area (Å²) >= 11 is 8.62. The second-order valence-corrected chi connectivity index (χ2v) is 4.45. The van der Waals surface area contributed by atoms with Crippen LogP contribution >= 0.6 is 27.5 Å². The molecule has 2 aromatic rings. The number of hydrogen-bond acceptors (Lipinski definition) is 3. The second-order valence-electron chi connectivity index (χ2n) is 3.33. The largest absolute Gasteiger partial charge is 0.419 e. The predicted molar refractivity (Wildman–Crippen MR) is 62.0 cm³/mol. The Bertz CT molecular complexity index is 570. The zero-order chi connectivity index (χ0) is 13.3. The van der Waals surface area contributed by atoms with Crippen LogP contribution in [0.3, 0.4) is 0 Å². The third kappa shape index (κ3) is 2.67. The average molecular weight is 342 g/mol. The van der Waals surface area contributed by atoms with Crippen molar-refractivity contribution in [2.45, 2.75) is 12.1 Å². The van der Waals surface area contributed by atoms with E-state index in [2.05, 4.69) is 26.1 Å². The highest BCUT2D eigenvalue weighted by Gasteiger charge is 2.31. The van der Waals surface area contributed by atoms with Gasteiger partial charge in [0.25, 0.3) is 0 Å². The van der Waals surface area contributed by atoms with Crippen molar-refractivity contribution < 1.29 is 17.6 Å². The molecule has 18 heavy (non-hydrogen) atoms. The summed E-state index contributed by atoms with van der Waals surface area (Å²) in [5.41, 5.74) is -0.611. The van der Waals surface area contributed by atoms with Crippen LogP contribution in [0.15, 0.2) is 27.1 Å². The van der Waals surface area contributed by atoms with E-state index in [0.29, 0.717) is 4.47 Å². The van der Waals surface area contributed by atoms with Gasteiger partial charge in [-0.2, -0.15) is 13.2 Å². The van der Waals surface area contributed by atoms with E-state index in [9.17, 15) is 13.2 Å². The van der Waals surface area contributed by atoms with Gasteiger partial charge < -0.3 is 4.42 Å². The number of alkyl halides is 4. The monoisotopic (exact) mass is 340 g/mol. The number of nitrogens with zero attached hydrogens (tertiary/aromatic N) is 2. The molecule has 3 nitrogen and oxygen atoms in total. The third-order valence-electron chi connectivity index (χ3n) is 2.11. The average Bonchev–Trinajstić information content (AvgIpc) is 2.76. The summed E-state index contributed by atoms with van der Waals surface area (Å²) in [6.45, 7) is 0. The number of benzene rings is 1. The Morgan fingerprint density at radius 1 is 1.28 bits per heavy atom. The minimum absolute atomic E-state index is 0.00355. The Balaban J connectivity index is 2.49. The zero-order valence-electron chi connectivity index (χ0n) is 8.63. The van der Waals surface area contributed by atoms with E-state index in [1.807, 2.05) is 0 Å². The third-order valence-corrected chi connectivity index (χ3v) is 3.03. The highest BCUT2D eigenvalue weighted by atomic mass is 79.9. The fraction of sp³-hybridized carbons (Fsp3) is 0.200. The van der Waals surface area contributed by atoms with E-state index in [4.69, 9.17) is 16.0 Å². The molecule has 0 aliphatic carbocycles. The van der Waals surface area contributed by atoms with Gasteiger partial charge in [0.1, 0.15) is 5.88 Å². The standard InChI is InChI=1S/C10H5BrClF3N2O/c11-7-2-1-5(10(13,14)15)3-6(7)9-17-16-8(4-12)18-9/h1-3H,4H2. The Kier molecular flexibility index (Phi) is 3.63. The molecule has 0 saturated heterocycles. The lowest BCUT2D eigenvalue weighted by atomic mass is 10.1. The predicted octanol–water partition coefficient (Wildman–Crippen LogP) is 4.26. The Hall–Kier alpha value is -1.08. The van der Waals surface area contributed by atoms with Gasteiger partial charge >= 0.3 is 6.18 Å². The van der Waals surface area contributed by atoms with E-state index in [-0.39, 0.29) is 23.2 Å². The maximum atomic E-state index is 12.6. The lowest BCUT2D eigenvalue weighted by Gasteiger charge is -2.08. The van der Waals surface area contributed by atoms with Crippen molar-refractivity contribution in [1.29, 1.82) is 0 Å². The van der Waals surface area contributed by atoms with Crippen LogP contribution in [-0.4, -0.2) is 10.2 Å².